The zero-order valence-corrected chi connectivity index (χ0v) is 20.7. The standard InChI is InChI=1S/C25H26F2N8O3/c1-15-16(4-3-5-21(15)27)10-32-24(36)35(2)20(12-31-23(29)33-14-28)13-38-25(37)34-22-9-18-8-19(26)7-6-17(18)11-30-22/h3-9,11,20H,10,12-13H2,1-2H3,(H,32,36)(H3,29,31,33)(H,30,34,37)/t20-/m0/s1. The number of guanidine groups is 1. The van der Waals surface area contributed by atoms with Crippen LogP contribution < -0.4 is 21.7 Å². The number of carbonyl (C=O) groups excluding carboxylic acids is 2. The number of halogens is 2. The molecule has 3 aromatic rings. The second-order valence-electron chi connectivity index (χ2n) is 8.21. The summed E-state index contributed by atoms with van der Waals surface area (Å²) >= 11 is 0. The minimum Gasteiger partial charge on any atom is -0.447 e. The van der Waals surface area contributed by atoms with Crippen LogP contribution in [0.5, 0.6) is 0 Å². The third kappa shape index (κ3) is 7.50. The van der Waals surface area contributed by atoms with Crippen LogP contribution in [0.2, 0.25) is 0 Å². The first kappa shape index (κ1) is 27.6. The van der Waals surface area contributed by atoms with Gasteiger partial charge in [-0.05, 0) is 53.8 Å². The molecule has 11 nitrogen and oxygen atoms in total. The molecule has 5 N–H and O–H groups in total. The number of nitrogens with one attached hydrogen (secondary N) is 3. The molecule has 3 rings (SSSR count). The summed E-state index contributed by atoms with van der Waals surface area (Å²) in [6.45, 7) is 1.39. The molecule has 2 aromatic carbocycles. The van der Waals surface area contributed by atoms with Gasteiger partial charge in [-0.3, -0.25) is 5.32 Å². The number of pyridine rings is 1. The molecule has 0 spiro atoms. The van der Waals surface area contributed by atoms with Crippen molar-refractivity contribution in [3.8, 4) is 6.19 Å². The number of aliphatic imine (C=N–C) groups is 1. The van der Waals surface area contributed by atoms with Gasteiger partial charge in [0.2, 0.25) is 12.2 Å². The maximum atomic E-state index is 13.8. The van der Waals surface area contributed by atoms with Gasteiger partial charge in [-0.15, -0.1) is 4.99 Å². The Morgan fingerprint density at radius 2 is 2.00 bits per heavy atom. The maximum Gasteiger partial charge on any atom is 0.412 e. The van der Waals surface area contributed by atoms with Gasteiger partial charge in [-0.1, -0.05) is 12.1 Å². The molecule has 0 bridgehead atoms. The number of amides is 3. The molecule has 0 saturated carbocycles. The smallest absolute Gasteiger partial charge is 0.412 e. The van der Waals surface area contributed by atoms with Crippen molar-refractivity contribution >= 4 is 34.7 Å². The lowest BCUT2D eigenvalue weighted by Crippen LogP contribution is -2.51. The van der Waals surface area contributed by atoms with Crippen LogP contribution in [0.4, 0.5) is 24.2 Å². The Balaban J connectivity index is 1.63. The van der Waals surface area contributed by atoms with Gasteiger partial charge >= 0.3 is 12.1 Å². The zero-order valence-electron chi connectivity index (χ0n) is 20.7. The van der Waals surface area contributed by atoms with Gasteiger partial charge in [0, 0.05) is 31.7 Å². The molecule has 1 atom stereocenters. The number of aromatic nitrogens is 1. The first-order chi connectivity index (χ1) is 18.2. The van der Waals surface area contributed by atoms with E-state index in [9.17, 15) is 18.4 Å². The van der Waals surface area contributed by atoms with E-state index in [1.807, 2.05) is 0 Å². The summed E-state index contributed by atoms with van der Waals surface area (Å²) in [4.78, 5) is 33.9. The SMILES string of the molecule is Cc1c(F)cccc1CNC(=O)N(C)[C@@H](CN/C(N)=N/C#N)COC(=O)Nc1cc2cc(F)ccc2cn1. The number of carbonyl (C=O) groups is 2. The minimum absolute atomic E-state index is 0.0132. The van der Waals surface area contributed by atoms with E-state index in [1.54, 1.807) is 25.1 Å². The van der Waals surface area contributed by atoms with Crippen molar-refractivity contribution in [2.75, 3.05) is 25.5 Å². The Labute approximate surface area is 217 Å². The summed E-state index contributed by atoms with van der Waals surface area (Å²) in [6, 6.07) is 8.96. The lowest BCUT2D eigenvalue weighted by Gasteiger charge is -2.28. The minimum atomic E-state index is -0.860. The van der Waals surface area contributed by atoms with Crippen molar-refractivity contribution < 1.29 is 23.1 Å². The van der Waals surface area contributed by atoms with Gasteiger partial charge in [0.1, 0.15) is 24.1 Å². The van der Waals surface area contributed by atoms with Crippen molar-refractivity contribution in [1.29, 1.82) is 5.26 Å². The molecular formula is C25H26F2N8O3. The van der Waals surface area contributed by atoms with E-state index in [2.05, 4.69) is 25.9 Å². The number of nitrogens with two attached hydrogens (primary N) is 1. The molecule has 0 aliphatic rings. The summed E-state index contributed by atoms with van der Waals surface area (Å²) in [7, 11) is 1.47. The summed E-state index contributed by atoms with van der Waals surface area (Å²) in [5.74, 6) is -0.853. The number of ether oxygens (including phenoxy) is 1. The van der Waals surface area contributed by atoms with Crippen molar-refractivity contribution in [1.82, 2.24) is 20.5 Å². The highest BCUT2D eigenvalue weighted by molar-refractivity contribution is 5.89. The molecule has 198 valence electrons. The highest BCUT2D eigenvalue weighted by atomic mass is 19.1. The Morgan fingerprint density at radius 1 is 1.21 bits per heavy atom. The monoisotopic (exact) mass is 524 g/mol. The fourth-order valence-corrected chi connectivity index (χ4v) is 3.42. The molecule has 1 aromatic heterocycles. The zero-order chi connectivity index (χ0) is 27.7. The van der Waals surface area contributed by atoms with E-state index < -0.39 is 24.0 Å². The predicted molar refractivity (Wildman–Crippen MR) is 137 cm³/mol. The first-order valence-electron chi connectivity index (χ1n) is 11.4. The number of hydrogen-bond acceptors (Lipinski definition) is 6. The van der Waals surface area contributed by atoms with Gasteiger partial charge in [0.15, 0.2) is 0 Å². The molecule has 3 amide bonds. The first-order valence-corrected chi connectivity index (χ1v) is 11.4. The molecule has 0 aliphatic carbocycles. The molecule has 0 radical (unpaired) electrons. The molecule has 0 fully saturated rings. The average Bonchev–Trinajstić information content (AvgIpc) is 2.89. The average molecular weight is 525 g/mol. The molecule has 0 unspecified atom stereocenters. The lowest BCUT2D eigenvalue weighted by atomic mass is 10.1. The van der Waals surface area contributed by atoms with Crippen LogP contribution in [-0.2, 0) is 11.3 Å². The summed E-state index contributed by atoms with van der Waals surface area (Å²) in [6.07, 6.45) is 2.16. The molecular weight excluding hydrogens is 498 g/mol. The Morgan fingerprint density at radius 3 is 2.76 bits per heavy atom. The number of hydrogen-bond donors (Lipinski definition) is 4. The lowest BCUT2D eigenvalue weighted by molar-refractivity contribution is 0.118. The van der Waals surface area contributed by atoms with Crippen molar-refractivity contribution in [3.63, 3.8) is 0 Å². The largest absolute Gasteiger partial charge is 0.447 e. The van der Waals surface area contributed by atoms with Gasteiger partial charge in [0.25, 0.3) is 0 Å². The Kier molecular flexibility index (Phi) is 9.31. The quantitative estimate of drug-likeness (QED) is 0.200. The fraction of sp³-hybridized carbons (Fsp3) is 0.240. The normalized spacial score (nSPS) is 11.8. The van der Waals surface area contributed by atoms with Crippen LogP contribution in [0, 0.1) is 30.0 Å². The highest BCUT2D eigenvalue weighted by Crippen LogP contribution is 2.18. The van der Waals surface area contributed by atoms with Gasteiger partial charge in [-0.25, -0.2) is 23.4 Å². The van der Waals surface area contributed by atoms with Gasteiger partial charge < -0.3 is 26.0 Å². The number of nitrogens with zero attached hydrogens (tertiary/aromatic N) is 4. The van der Waals surface area contributed by atoms with Gasteiger partial charge in [0.05, 0.1) is 6.04 Å². The Hall–Kier alpha value is -4.99. The highest BCUT2D eigenvalue weighted by Gasteiger charge is 2.22. The predicted octanol–water partition coefficient (Wildman–Crippen LogP) is 2.97. The van der Waals surface area contributed by atoms with Crippen molar-refractivity contribution in [3.05, 3.63) is 71.4 Å². The number of urea groups is 1. The van der Waals surface area contributed by atoms with E-state index in [-0.39, 0.29) is 37.3 Å². The third-order valence-electron chi connectivity index (χ3n) is 5.69. The van der Waals surface area contributed by atoms with Crippen LogP contribution >= 0.6 is 0 Å². The van der Waals surface area contributed by atoms with E-state index in [4.69, 9.17) is 15.7 Å². The number of anilines is 1. The maximum absolute atomic E-state index is 13.8. The third-order valence-corrected chi connectivity index (χ3v) is 5.69. The van der Waals surface area contributed by atoms with Crippen molar-refractivity contribution in [2.45, 2.75) is 19.5 Å². The fourth-order valence-electron chi connectivity index (χ4n) is 3.42. The van der Waals surface area contributed by atoms with E-state index >= 15 is 0 Å². The van der Waals surface area contributed by atoms with Crippen LogP contribution in [0.1, 0.15) is 11.1 Å². The Bertz CT molecular complexity index is 1390. The molecule has 38 heavy (non-hydrogen) atoms. The molecule has 1 heterocycles. The second-order valence-corrected chi connectivity index (χ2v) is 8.21. The van der Waals surface area contributed by atoms with E-state index in [0.29, 0.717) is 21.9 Å². The van der Waals surface area contributed by atoms with Crippen LogP contribution in [0.15, 0.2) is 53.7 Å². The van der Waals surface area contributed by atoms with Crippen LogP contribution in [0.25, 0.3) is 10.8 Å². The molecule has 0 aliphatic heterocycles. The number of rotatable bonds is 8. The van der Waals surface area contributed by atoms with Crippen LogP contribution in [0.3, 0.4) is 0 Å². The summed E-state index contributed by atoms with van der Waals surface area (Å²) in [5.41, 5.74) is 6.61. The number of nitriles is 1. The summed E-state index contributed by atoms with van der Waals surface area (Å²) in [5, 5.41) is 17.7. The number of likely N-dealkylation sites (N-methyl/N-ethyl adjacent to an activating group) is 1. The van der Waals surface area contributed by atoms with Crippen molar-refractivity contribution in [2.24, 2.45) is 10.7 Å². The topological polar surface area (TPSA) is 158 Å². The second kappa shape index (κ2) is 12.8. The van der Waals surface area contributed by atoms with E-state index in [1.165, 1.54) is 48.6 Å². The number of fused-ring (bicyclic) bond motifs is 1. The van der Waals surface area contributed by atoms with Crippen LogP contribution in [-0.4, -0.2) is 54.2 Å². The number of benzene rings is 2. The molecule has 13 heteroatoms. The molecule has 0 saturated heterocycles. The van der Waals surface area contributed by atoms with E-state index in [0.717, 1.165) is 0 Å². The summed E-state index contributed by atoms with van der Waals surface area (Å²) < 4.78 is 32.6. The van der Waals surface area contributed by atoms with Gasteiger partial charge in [-0.2, -0.15) is 5.26 Å².